The number of imide groups is 1. The lowest BCUT2D eigenvalue weighted by Gasteiger charge is -2.35. The summed E-state index contributed by atoms with van der Waals surface area (Å²) in [6.45, 7) is 5.01. The molecule has 0 aromatic heterocycles. The van der Waals surface area contributed by atoms with Gasteiger partial charge in [0.2, 0.25) is 5.91 Å². The molecule has 3 amide bonds. The molecule has 5 rings (SSSR count). The fourth-order valence-corrected chi connectivity index (χ4v) is 5.20. The number of hydrogen-bond donors (Lipinski definition) is 1. The molecule has 192 valence electrons. The number of hydrogen-bond acceptors (Lipinski definition) is 6. The number of nitrogens with zero attached hydrogens (tertiary/aromatic N) is 3. The van der Waals surface area contributed by atoms with Crippen LogP contribution in [0, 0.1) is 0 Å². The predicted molar refractivity (Wildman–Crippen MR) is 142 cm³/mol. The zero-order valence-electron chi connectivity index (χ0n) is 21.1. The predicted octanol–water partition coefficient (Wildman–Crippen LogP) is 2.42. The van der Waals surface area contributed by atoms with Crippen LogP contribution in [0.15, 0.2) is 60.7 Å². The molecule has 1 saturated heterocycles. The van der Waals surface area contributed by atoms with Gasteiger partial charge >= 0.3 is 0 Å². The van der Waals surface area contributed by atoms with Crippen molar-refractivity contribution in [1.82, 2.24) is 20.0 Å². The number of carbonyl (C=O) groups is 3. The molecule has 0 unspecified atom stereocenters. The second kappa shape index (κ2) is 11.1. The van der Waals surface area contributed by atoms with E-state index in [4.69, 9.17) is 4.74 Å². The van der Waals surface area contributed by atoms with E-state index in [2.05, 4.69) is 15.1 Å². The molecule has 8 heteroatoms. The van der Waals surface area contributed by atoms with Gasteiger partial charge in [-0.1, -0.05) is 42.5 Å². The number of rotatable bonds is 9. The van der Waals surface area contributed by atoms with Gasteiger partial charge in [-0.25, -0.2) is 0 Å². The quantitative estimate of drug-likeness (QED) is 0.455. The van der Waals surface area contributed by atoms with Crippen LogP contribution in [0.1, 0.15) is 26.3 Å². The van der Waals surface area contributed by atoms with Crippen molar-refractivity contribution < 1.29 is 19.1 Å². The molecule has 3 aromatic rings. The fraction of sp³-hybridized carbons (Fsp3) is 0.345. The topological polar surface area (TPSA) is 82.2 Å². The molecule has 0 atom stereocenters. The Morgan fingerprint density at radius 3 is 2.16 bits per heavy atom. The summed E-state index contributed by atoms with van der Waals surface area (Å²) in [5, 5.41) is 4.67. The van der Waals surface area contributed by atoms with Crippen LogP contribution in [0.25, 0.3) is 10.8 Å². The standard InChI is InChI=1S/C29H32N4O4/c1-37-25-11-3-2-6-21(25)12-13-30-26(34)20-32-16-14-31(15-17-32)18-19-33-28(35)23-9-4-7-22-8-5-10-24(27(22)23)29(33)36/h2-11H,12-20H2,1H3,(H,30,34). The third-order valence-electron chi connectivity index (χ3n) is 7.24. The van der Waals surface area contributed by atoms with Crippen molar-refractivity contribution in [3.05, 3.63) is 77.4 Å². The maximum absolute atomic E-state index is 13.1. The Balaban J connectivity index is 1.07. The number of nitrogens with one attached hydrogen (secondary N) is 1. The first-order chi connectivity index (χ1) is 18.0. The molecule has 1 fully saturated rings. The molecule has 3 aromatic carbocycles. The molecule has 0 radical (unpaired) electrons. The third-order valence-corrected chi connectivity index (χ3v) is 7.24. The Morgan fingerprint density at radius 1 is 0.838 bits per heavy atom. The Hall–Kier alpha value is -3.75. The summed E-state index contributed by atoms with van der Waals surface area (Å²) in [6.07, 6.45) is 0.719. The molecular weight excluding hydrogens is 468 g/mol. The molecule has 2 aliphatic heterocycles. The Labute approximate surface area is 216 Å². The summed E-state index contributed by atoms with van der Waals surface area (Å²) in [6, 6.07) is 19.0. The van der Waals surface area contributed by atoms with Crippen molar-refractivity contribution in [2.45, 2.75) is 6.42 Å². The Bertz CT molecular complexity index is 1270. The molecule has 0 spiro atoms. The van der Waals surface area contributed by atoms with Crippen LogP contribution >= 0.6 is 0 Å². The van der Waals surface area contributed by atoms with E-state index < -0.39 is 0 Å². The van der Waals surface area contributed by atoms with Gasteiger partial charge in [-0.3, -0.25) is 29.1 Å². The van der Waals surface area contributed by atoms with Crippen molar-refractivity contribution >= 4 is 28.5 Å². The average molecular weight is 501 g/mol. The van der Waals surface area contributed by atoms with E-state index in [1.165, 1.54) is 4.90 Å². The van der Waals surface area contributed by atoms with E-state index in [9.17, 15) is 14.4 Å². The first kappa shape index (κ1) is 24.9. The molecule has 0 aliphatic carbocycles. The Kier molecular flexibility index (Phi) is 7.48. The Morgan fingerprint density at radius 2 is 1.49 bits per heavy atom. The second-order valence-corrected chi connectivity index (χ2v) is 9.50. The molecule has 37 heavy (non-hydrogen) atoms. The third kappa shape index (κ3) is 5.35. The second-order valence-electron chi connectivity index (χ2n) is 9.50. The van der Waals surface area contributed by atoms with E-state index >= 15 is 0 Å². The number of carbonyl (C=O) groups excluding carboxylic acids is 3. The van der Waals surface area contributed by atoms with E-state index in [0.29, 0.717) is 37.3 Å². The summed E-state index contributed by atoms with van der Waals surface area (Å²) in [5.41, 5.74) is 2.26. The maximum atomic E-state index is 13.1. The monoisotopic (exact) mass is 500 g/mol. The van der Waals surface area contributed by atoms with Gasteiger partial charge in [-0.15, -0.1) is 0 Å². The van der Waals surface area contributed by atoms with Gasteiger partial charge in [0.25, 0.3) is 11.8 Å². The van der Waals surface area contributed by atoms with Gasteiger partial charge in [0.05, 0.1) is 13.7 Å². The highest BCUT2D eigenvalue weighted by Crippen LogP contribution is 2.29. The van der Waals surface area contributed by atoms with E-state index in [1.807, 2.05) is 48.5 Å². The van der Waals surface area contributed by atoms with Crippen LogP contribution < -0.4 is 10.1 Å². The molecule has 1 N–H and O–H groups in total. The van der Waals surface area contributed by atoms with Gasteiger partial charge < -0.3 is 10.1 Å². The van der Waals surface area contributed by atoms with E-state index in [-0.39, 0.29) is 17.7 Å². The van der Waals surface area contributed by atoms with Crippen LogP contribution in [0.4, 0.5) is 0 Å². The van der Waals surface area contributed by atoms with Crippen LogP contribution in [0.3, 0.4) is 0 Å². The number of ether oxygens (including phenoxy) is 1. The summed E-state index contributed by atoms with van der Waals surface area (Å²) >= 11 is 0. The molecule has 8 nitrogen and oxygen atoms in total. The van der Waals surface area contributed by atoms with Crippen LogP contribution in [0.5, 0.6) is 5.75 Å². The molecular formula is C29H32N4O4. The van der Waals surface area contributed by atoms with Crippen molar-refractivity contribution in [2.24, 2.45) is 0 Å². The highest BCUT2D eigenvalue weighted by atomic mass is 16.5. The average Bonchev–Trinajstić information content (AvgIpc) is 2.92. The minimum absolute atomic E-state index is 0.0145. The molecule has 2 aliphatic rings. The van der Waals surface area contributed by atoms with Crippen molar-refractivity contribution in [3.63, 3.8) is 0 Å². The van der Waals surface area contributed by atoms with E-state index in [1.54, 1.807) is 19.2 Å². The number of para-hydroxylation sites is 1. The normalized spacial score (nSPS) is 16.3. The lowest BCUT2D eigenvalue weighted by Crippen LogP contribution is -2.52. The highest BCUT2D eigenvalue weighted by Gasteiger charge is 2.33. The summed E-state index contributed by atoms with van der Waals surface area (Å²) in [7, 11) is 1.65. The van der Waals surface area contributed by atoms with Crippen molar-refractivity contribution in [2.75, 3.05) is 59.5 Å². The van der Waals surface area contributed by atoms with Crippen LogP contribution in [-0.2, 0) is 11.2 Å². The molecule has 2 heterocycles. The van der Waals surface area contributed by atoms with Gasteiger partial charge in [-0.05, 0) is 35.6 Å². The lowest BCUT2D eigenvalue weighted by atomic mass is 9.94. The van der Waals surface area contributed by atoms with Gasteiger partial charge in [0, 0.05) is 62.3 Å². The molecule has 0 saturated carbocycles. The first-order valence-corrected chi connectivity index (χ1v) is 12.8. The van der Waals surface area contributed by atoms with Crippen molar-refractivity contribution in [1.29, 1.82) is 0 Å². The zero-order valence-corrected chi connectivity index (χ0v) is 21.1. The summed E-state index contributed by atoms with van der Waals surface area (Å²) in [5.74, 6) is 0.401. The van der Waals surface area contributed by atoms with Gasteiger partial charge in [0.15, 0.2) is 0 Å². The highest BCUT2D eigenvalue weighted by molar-refractivity contribution is 6.25. The van der Waals surface area contributed by atoms with Crippen LogP contribution in [0.2, 0.25) is 0 Å². The minimum Gasteiger partial charge on any atom is -0.496 e. The van der Waals surface area contributed by atoms with Crippen molar-refractivity contribution in [3.8, 4) is 5.75 Å². The summed E-state index contributed by atoms with van der Waals surface area (Å²) < 4.78 is 5.37. The van der Waals surface area contributed by atoms with Gasteiger partial charge in [-0.2, -0.15) is 0 Å². The van der Waals surface area contributed by atoms with Crippen LogP contribution in [-0.4, -0.2) is 91.9 Å². The first-order valence-electron chi connectivity index (χ1n) is 12.8. The number of amides is 3. The SMILES string of the molecule is COc1ccccc1CCNC(=O)CN1CCN(CCN2C(=O)c3cccc4cccc(c34)C2=O)CC1. The largest absolute Gasteiger partial charge is 0.496 e. The molecule has 0 bridgehead atoms. The minimum atomic E-state index is -0.224. The van der Waals surface area contributed by atoms with E-state index in [0.717, 1.165) is 54.7 Å². The number of methoxy groups -OCH3 is 1. The van der Waals surface area contributed by atoms with Gasteiger partial charge in [0.1, 0.15) is 5.75 Å². The zero-order chi connectivity index (χ0) is 25.8. The number of benzene rings is 3. The number of piperazine rings is 1. The summed E-state index contributed by atoms with van der Waals surface area (Å²) in [4.78, 5) is 44.4. The smallest absolute Gasteiger partial charge is 0.261 e. The lowest BCUT2D eigenvalue weighted by molar-refractivity contribution is -0.122. The maximum Gasteiger partial charge on any atom is 0.261 e. The fourth-order valence-electron chi connectivity index (χ4n) is 5.20.